The lowest BCUT2D eigenvalue weighted by Gasteiger charge is -2.23. The third-order valence-electron chi connectivity index (χ3n) is 6.14. The van der Waals surface area contributed by atoms with Gasteiger partial charge in [-0.25, -0.2) is 9.59 Å². The molecule has 0 fully saturated rings. The number of aliphatic hydroxyl groups is 1. The zero-order valence-electron chi connectivity index (χ0n) is 20.8. The fourth-order valence-corrected chi connectivity index (χ4v) is 4.17. The molecular formula is C29H26ClN3O6. The van der Waals surface area contributed by atoms with Gasteiger partial charge in [0.1, 0.15) is 5.69 Å². The highest BCUT2D eigenvalue weighted by molar-refractivity contribution is 6.30. The number of nitrogens with zero attached hydrogens (tertiary/aromatic N) is 3. The minimum absolute atomic E-state index is 0.0841. The van der Waals surface area contributed by atoms with Crippen molar-refractivity contribution in [2.75, 3.05) is 6.54 Å². The first kappa shape index (κ1) is 27.6. The van der Waals surface area contributed by atoms with Crippen LogP contribution in [0.5, 0.6) is 0 Å². The first-order chi connectivity index (χ1) is 18.7. The second-order valence-electron chi connectivity index (χ2n) is 8.94. The van der Waals surface area contributed by atoms with Crippen LogP contribution in [0.3, 0.4) is 0 Å². The number of halogens is 1. The van der Waals surface area contributed by atoms with E-state index in [-0.39, 0.29) is 37.4 Å². The van der Waals surface area contributed by atoms with Crippen LogP contribution in [0.25, 0.3) is 11.1 Å². The number of carboxylic acid groups (broad SMARTS) is 2. The van der Waals surface area contributed by atoms with Gasteiger partial charge in [0.25, 0.3) is 5.91 Å². The van der Waals surface area contributed by atoms with E-state index in [1.807, 2.05) is 54.6 Å². The van der Waals surface area contributed by atoms with Gasteiger partial charge in [-0.3, -0.25) is 9.48 Å². The predicted molar refractivity (Wildman–Crippen MR) is 145 cm³/mol. The van der Waals surface area contributed by atoms with E-state index in [1.165, 1.54) is 15.6 Å². The molecule has 0 aliphatic carbocycles. The number of hydrogen-bond acceptors (Lipinski definition) is 5. The quantitative estimate of drug-likeness (QED) is 0.253. The van der Waals surface area contributed by atoms with Crippen LogP contribution in [-0.2, 0) is 17.9 Å². The van der Waals surface area contributed by atoms with Gasteiger partial charge in [-0.05, 0) is 34.4 Å². The van der Waals surface area contributed by atoms with Crippen LogP contribution < -0.4 is 0 Å². The molecule has 1 amide bonds. The van der Waals surface area contributed by atoms with Crippen LogP contribution in [0, 0.1) is 0 Å². The summed E-state index contributed by atoms with van der Waals surface area (Å²) in [4.78, 5) is 37.9. The molecule has 200 valence electrons. The molecule has 1 atom stereocenters. The monoisotopic (exact) mass is 547 g/mol. The van der Waals surface area contributed by atoms with Gasteiger partial charge < -0.3 is 20.2 Å². The third-order valence-corrected chi connectivity index (χ3v) is 6.39. The van der Waals surface area contributed by atoms with Crippen LogP contribution in [0.2, 0.25) is 5.02 Å². The van der Waals surface area contributed by atoms with Crippen molar-refractivity contribution in [3.8, 4) is 11.1 Å². The number of carbonyl (C=O) groups excluding carboxylic acids is 1. The van der Waals surface area contributed by atoms with E-state index in [1.54, 1.807) is 24.3 Å². The van der Waals surface area contributed by atoms with Crippen molar-refractivity contribution in [3.05, 3.63) is 112 Å². The molecule has 9 nitrogen and oxygen atoms in total. The Morgan fingerprint density at radius 3 is 2.10 bits per heavy atom. The summed E-state index contributed by atoms with van der Waals surface area (Å²) in [5.74, 6) is -3.23. The van der Waals surface area contributed by atoms with Crippen LogP contribution in [0.1, 0.15) is 38.5 Å². The predicted octanol–water partition coefficient (Wildman–Crippen LogP) is 4.43. The van der Waals surface area contributed by atoms with Crippen LogP contribution >= 0.6 is 11.6 Å². The van der Waals surface area contributed by atoms with E-state index in [0.717, 1.165) is 22.3 Å². The third kappa shape index (κ3) is 7.10. The lowest BCUT2D eigenvalue weighted by molar-refractivity contribution is -0.147. The molecule has 0 saturated carbocycles. The molecule has 0 aliphatic rings. The highest BCUT2D eigenvalue weighted by Crippen LogP contribution is 2.21. The summed E-state index contributed by atoms with van der Waals surface area (Å²) in [5.41, 5.74) is 3.26. The van der Waals surface area contributed by atoms with Crippen molar-refractivity contribution in [1.29, 1.82) is 0 Å². The summed E-state index contributed by atoms with van der Waals surface area (Å²) in [7, 11) is 0. The molecule has 0 saturated heterocycles. The topological polar surface area (TPSA) is 133 Å². The Hall–Kier alpha value is -4.47. The Bertz CT molecular complexity index is 1450. The highest BCUT2D eigenvalue weighted by atomic mass is 35.5. The lowest BCUT2D eigenvalue weighted by Crippen LogP contribution is -2.35. The van der Waals surface area contributed by atoms with E-state index < -0.39 is 23.9 Å². The molecule has 0 bridgehead atoms. The highest BCUT2D eigenvalue weighted by Gasteiger charge is 2.25. The van der Waals surface area contributed by atoms with E-state index >= 15 is 0 Å². The molecule has 3 N–H and O–H groups in total. The second-order valence-corrected chi connectivity index (χ2v) is 9.37. The molecular weight excluding hydrogens is 522 g/mol. The SMILES string of the molecule is O=C(O)c1cc(C(=O)N(CCC(O)C(=O)O)Cc2ccc(-c3ccccc3)cc2)nn1Cc1ccc(Cl)cc1. The van der Waals surface area contributed by atoms with Crippen molar-refractivity contribution >= 4 is 29.4 Å². The molecule has 39 heavy (non-hydrogen) atoms. The van der Waals surface area contributed by atoms with Crippen molar-refractivity contribution < 1.29 is 29.7 Å². The summed E-state index contributed by atoms with van der Waals surface area (Å²) < 4.78 is 1.22. The Morgan fingerprint density at radius 1 is 0.872 bits per heavy atom. The Kier molecular flexibility index (Phi) is 8.75. The number of aliphatic carboxylic acids is 1. The maximum Gasteiger partial charge on any atom is 0.354 e. The van der Waals surface area contributed by atoms with Crippen molar-refractivity contribution in [2.24, 2.45) is 0 Å². The van der Waals surface area contributed by atoms with Crippen molar-refractivity contribution in [2.45, 2.75) is 25.6 Å². The number of hydrogen-bond donors (Lipinski definition) is 3. The molecule has 1 aromatic heterocycles. The molecule has 0 aliphatic heterocycles. The number of aliphatic hydroxyl groups excluding tert-OH is 1. The van der Waals surface area contributed by atoms with Crippen LogP contribution in [0.4, 0.5) is 0 Å². The van der Waals surface area contributed by atoms with Gasteiger partial charge in [0.15, 0.2) is 11.8 Å². The smallest absolute Gasteiger partial charge is 0.354 e. The van der Waals surface area contributed by atoms with E-state index in [0.29, 0.717) is 5.02 Å². The summed E-state index contributed by atoms with van der Waals surface area (Å²) >= 11 is 5.93. The fourth-order valence-electron chi connectivity index (χ4n) is 4.05. The first-order valence-electron chi connectivity index (χ1n) is 12.1. The molecule has 4 rings (SSSR count). The molecule has 1 heterocycles. The molecule has 0 spiro atoms. The number of rotatable bonds is 11. The lowest BCUT2D eigenvalue weighted by atomic mass is 10.0. The van der Waals surface area contributed by atoms with Crippen LogP contribution in [-0.4, -0.2) is 60.5 Å². The molecule has 3 aromatic carbocycles. The van der Waals surface area contributed by atoms with Crippen LogP contribution in [0.15, 0.2) is 84.9 Å². The number of carboxylic acids is 2. The minimum atomic E-state index is -1.65. The Labute approximate surface area is 229 Å². The number of aromatic carboxylic acids is 1. The van der Waals surface area contributed by atoms with E-state index in [9.17, 15) is 24.6 Å². The van der Waals surface area contributed by atoms with Crippen molar-refractivity contribution in [3.63, 3.8) is 0 Å². The number of carbonyl (C=O) groups is 3. The number of aromatic nitrogens is 2. The summed E-state index contributed by atoms with van der Waals surface area (Å²) in [6.45, 7) is 0.122. The number of benzene rings is 3. The normalized spacial score (nSPS) is 11.6. The summed E-state index contributed by atoms with van der Waals surface area (Å²) in [5, 5.41) is 33.4. The van der Waals surface area contributed by atoms with Gasteiger partial charge in [-0.2, -0.15) is 5.10 Å². The molecule has 10 heteroatoms. The average Bonchev–Trinajstić information content (AvgIpc) is 3.36. The molecule has 0 radical (unpaired) electrons. The summed E-state index contributed by atoms with van der Waals surface area (Å²) in [6, 6.07) is 25.3. The molecule has 1 unspecified atom stereocenters. The standard InChI is InChI=1S/C29H26ClN3O6/c30-23-12-8-20(9-13-23)18-33-25(28(36)37)16-24(31-33)27(35)32(15-14-26(34)29(38)39)17-19-6-10-22(11-7-19)21-4-2-1-3-5-21/h1-13,16,26,34H,14-15,17-18H2,(H,36,37)(H,38,39). The zero-order valence-corrected chi connectivity index (χ0v) is 21.5. The van der Waals surface area contributed by atoms with Gasteiger partial charge in [-0.1, -0.05) is 78.3 Å². The Balaban J connectivity index is 1.59. The summed E-state index contributed by atoms with van der Waals surface area (Å²) in [6.07, 6.45) is -1.86. The minimum Gasteiger partial charge on any atom is -0.479 e. The second kappa shape index (κ2) is 12.4. The number of amides is 1. The maximum absolute atomic E-state index is 13.5. The van der Waals surface area contributed by atoms with Gasteiger partial charge >= 0.3 is 11.9 Å². The van der Waals surface area contributed by atoms with Gasteiger partial charge in [0, 0.05) is 30.6 Å². The Morgan fingerprint density at radius 2 is 1.49 bits per heavy atom. The van der Waals surface area contributed by atoms with Gasteiger partial charge in [0.2, 0.25) is 0 Å². The zero-order chi connectivity index (χ0) is 27.9. The van der Waals surface area contributed by atoms with Gasteiger partial charge in [0.05, 0.1) is 6.54 Å². The van der Waals surface area contributed by atoms with Gasteiger partial charge in [-0.15, -0.1) is 0 Å². The first-order valence-corrected chi connectivity index (χ1v) is 12.5. The van der Waals surface area contributed by atoms with Crippen molar-refractivity contribution in [1.82, 2.24) is 14.7 Å². The average molecular weight is 548 g/mol. The maximum atomic E-state index is 13.5. The largest absolute Gasteiger partial charge is 0.479 e. The molecule has 4 aromatic rings. The van der Waals surface area contributed by atoms with E-state index in [4.69, 9.17) is 16.7 Å². The fraction of sp³-hybridized carbons (Fsp3) is 0.172. The van der Waals surface area contributed by atoms with E-state index in [2.05, 4.69) is 5.10 Å².